The quantitative estimate of drug-likeness (QED) is 0.591. The number of carbonyl (C=O) groups is 1. The van der Waals surface area contributed by atoms with Gasteiger partial charge in [0, 0.05) is 24.3 Å². The number of anilines is 2. The van der Waals surface area contributed by atoms with Gasteiger partial charge in [-0.25, -0.2) is 13.6 Å². The Morgan fingerprint density at radius 3 is 2.39 bits per heavy atom. The highest BCUT2D eigenvalue weighted by Crippen LogP contribution is 2.39. The predicted molar refractivity (Wildman–Crippen MR) is 124 cm³/mol. The number of thiophene rings is 1. The maximum Gasteiger partial charge on any atom is 0.265 e. The van der Waals surface area contributed by atoms with Gasteiger partial charge in [-0.15, -0.1) is 11.3 Å². The molecule has 1 aliphatic heterocycles. The largest absolute Gasteiger partial charge is 0.378 e. The fraction of sp³-hybridized carbons (Fsp3) is 0.227. The number of benzene rings is 2. The van der Waals surface area contributed by atoms with E-state index >= 15 is 0 Å². The third kappa shape index (κ3) is 5.50. The summed E-state index contributed by atoms with van der Waals surface area (Å²) in [6, 6.07) is 18.6. The van der Waals surface area contributed by atoms with E-state index < -0.39 is 10.0 Å². The molecule has 0 radical (unpaired) electrons. The van der Waals surface area contributed by atoms with Crippen LogP contribution in [0.2, 0.25) is 0 Å². The van der Waals surface area contributed by atoms with Crippen LogP contribution in [0.25, 0.3) is 11.1 Å². The van der Waals surface area contributed by atoms with Crippen LogP contribution in [-0.4, -0.2) is 40.6 Å². The summed E-state index contributed by atoms with van der Waals surface area (Å²) in [5, 5.41) is 9.03. The first-order chi connectivity index (χ1) is 14.9. The lowest BCUT2D eigenvalue weighted by Crippen LogP contribution is -2.35. The lowest BCUT2D eigenvalue weighted by molar-refractivity contribution is 0.103. The number of hydrogen-bond donors (Lipinski definition) is 2. The van der Waals surface area contributed by atoms with Gasteiger partial charge in [0.05, 0.1) is 28.8 Å². The Kier molecular flexibility index (Phi) is 6.38. The van der Waals surface area contributed by atoms with Gasteiger partial charge < -0.3 is 15.0 Å². The molecule has 31 heavy (non-hydrogen) atoms. The molecule has 1 amide bonds. The van der Waals surface area contributed by atoms with Crippen LogP contribution in [0.15, 0.2) is 60.7 Å². The molecule has 1 aromatic heterocycles. The van der Waals surface area contributed by atoms with Crippen molar-refractivity contribution in [1.82, 2.24) is 0 Å². The summed E-state index contributed by atoms with van der Waals surface area (Å²) >= 11 is 1.46. The number of carbonyl (C=O) groups excluding carboxylic acids is 1. The van der Waals surface area contributed by atoms with E-state index in [-0.39, 0.29) is 11.7 Å². The molecule has 3 aromatic rings. The predicted octanol–water partition coefficient (Wildman–Crippen LogP) is 3.29. The standard InChI is InChI=1S/C22H23N3O4S2/c23-31(27,28)15-16-6-8-18(9-7-16)24-21(26)20-14-19(17-4-2-1-3-5-17)22(30-20)25-10-12-29-13-11-25/h1-9,14H,10-13,15H2,(H,24,26)(H2,23,27,28). The number of ether oxygens (including phenoxy) is 1. The van der Waals surface area contributed by atoms with Gasteiger partial charge in [-0.05, 0) is 29.3 Å². The minimum atomic E-state index is -3.59. The maximum absolute atomic E-state index is 12.9. The second kappa shape index (κ2) is 9.19. The zero-order valence-corrected chi connectivity index (χ0v) is 18.4. The minimum absolute atomic E-state index is 0.208. The lowest BCUT2D eigenvalue weighted by Gasteiger charge is -2.28. The molecule has 2 aromatic carbocycles. The highest BCUT2D eigenvalue weighted by atomic mass is 32.2. The lowest BCUT2D eigenvalue weighted by atomic mass is 10.1. The van der Waals surface area contributed by atoms with Gasteiger partial charge in [-0.2, -0.15) is 0 Å². The number of primary sulfonamides is 1. The highest BCUT2D eigenvalue weighted by molar-refractivity contribution is 7.88. The summed E-state index contributed by atoms with van der Waals surface area (Å²) in [5.74, 6) is -0.448. The monoisotopic (exact) mass is 457 g/mol. The van der Waals surface area contributed by atoms with E-state index in [0.717, 1.165) is 29.2 Å². The van der Waals surface area contributed by atoms with Crippen molar-refractivity contribution in [3.63, 3.8) is 0 Å². The topological polar surface area (TPSA) is 102 Å². The smallest absolute Gasteiger partial charge is 0.265 e. The van der Waals surface area contributed by atoms with E-state index in [0.29, 0.717) is 29.3 Å². The summed E-state index contributed by atoms with van der Waals surface area (Å²) in [6.07, 6.45) is 0. The SMILES string of the molecule is NS(=O)(=O)Cc1ccc(NC(=O)c2cc(-c3ccccc3)c(N3CCOCC3)s2)cc1. The number of hydrogen-bond acceptors (Lipinski definition) is 6. The van der Waals surface area contributed by atoms with Gasteiger partial charge in [0.2, 0.25) is 10.0 Å². The number of nitrogens with one attached hydrogen (secondary N) is 1. The van der Waals surface area contributed by atoms with E-state index in [1.54, 1.807) is 24.3 Å². The van der Waals surface area contributed by atoms with Gasteiger partial charge in [0.25, 0.3) is 5.91 Å². The van der Waals surface area contributed by atoms with Crippen molar-refractivity contribution in [3.8, 4) is 11.1 Å². The molecule has 162 valence electrons. The molecule has 7 nitrogen and oxygen atoms in total. The summed E-state index contributed by atoms with van der Waals surface area (Å²) in [5.41, 5.74) is 3.25. The average Bonchev–Trinajstić information content (AvgIpc) is 3.21. The van der Waals surface area contributed by atoms with Crippen LogP contribution < -0.4 is 15.4 Å². The van der Waals surface area contributed by atoms with Gasteiger partial charge >= 0.3 is 0 Å². The Labute approximate surface area is 185 Å². The van der Waals surface area contributed by atoms with Crippen molar-refractivity contribution in [1.29, 1.82) is 0 Å². The van der Waals surface area contributed by atoms with E-state index in [1.165, 1.54) is 11.3 Å². The van der Waals surface area contributed by atoms with Crippen molar-refractivity contribution < 1.29 is 17.9 Å². The molecule has 1 aliphatic rings. The second-order valence-electron chi connectivity index (χ2n) is 7.25. The number of amides is 1. The highest BCUT2D eigenvalue weighted by Gasteiger charge is 2.22. The summed E-state index contributed by atoms with van der Waals surface area (Å²) in [4.78, 5) is 15.8. The fourth-order valence-electron chi connectivity index (χ4n) is 3.43. The first-order valence-electron chi connectivity index (χ1n) is 9.82. The van der Waals surface area contributed by atoms with Crippen LogP contribution in [0.5, 0.6) is 0 Å². The number of nitrogens with two attached hydrogens (primary N) is 1. The zero-order chi connectivity index (χ0) is 21.8. The maximum atomic E-state index is 12.9. The van der Waals surface area contributed by atoms with Crippen molar-refractivity contribution in [3.05, 3.63) is 71.1 Å². The van der Waals surface area contributed by atoms with Gasteiger partial charge in [0.1, 0.15) is 0 Å². The van der Waals surface area contributed by atoms with Crippen molar-refractivity contribution in [2.24, 2.45) is 5.14 Å². The van der Waals surface area contributed by atoms with E-state index in [4.69, 9.17) is 9.88 Å². The Morgan fingerprint density at radius 2 is 1.74 bits per heavy atom. The molecule has 3 N–H and O–H groups in total. The molecular weight excluding hydrogens is 434 g/mol. The normalized spacial score (nSPS) is 14.4. The molecule has 0 bridgehead atoms. The molecule has 1 saturated heterocycles. The molecule has 1 fully saturated rings. The number of nitrogens with zero attached hydrogens (tertiary/aromatic N) is 1. The Bertz CT molecular complexity index is 1150. The molecule has 0 saturated carbocycles. The number of sulfonamides is 1. The van der Waals surface area contributed by atoms with Crippen LogP contribution in [0.3, 0.4) is 0 Å². The molecule has 0 unspecified atom stereocenters. The van der Waals surface area contributed by atoms with Crippen LogP contribution in [0.4, 0.5) is 10.7 Å². The van der Waals surface area contributed by atoms with E-state index in [9.17, 15) is 13.2 Å². The van der Waals surface area contributed by atoms with Crippen LogP contribution in [0, 0.1) is 0 Å². The van der Waals surface area contributed by atoms with Gasteiger partial charge in [0.15, 0.2) is 0 Å². The van der Waals surface area contributed by atoms with Gasteiger partial charge in [-0.1, -0.05) is 42.5 Å². The molecule has 9 heteroatoms. The third-order valence-electron chi connectivity index (χ3n) is 4.90. The average molecular weight is 458 g/mol. The number of morpholine rings is 1. The number of rotatable bonds is 6. The summed E-state index contributed by atoms with van der Waals surface area (Å²) < 4.78 is 27.9. The molecule has 0 aliphatic carbocycles. The first-order valence-corrected chi connectivity index (χ1v) is 12.3. The third-order valence-corrected chi connectivity index (χ3v) is 6.83. The molecular formula is C22H23N3O4S2. The van der Waals surface area contributed by atoms with E-state index in [2.05, 4.69) is 10.2 Å². The zero-order valence-electron chi connectivity index (χ0n) is 16.8. The molecule has 2 heterocycles. The Morgan fingerprint density at radius 1 is 1.06 bits per heavy atom. The van der Waals surface area contributed by atoms with E-state index in [1.807, 2.05) is 36.4 Å². The fourth-order valence-corrected chi connectivity index (χ4v) is 5.21. The van der Waals surface area contributed by atoms with Crippen LogP contribution >= 0.6 is 11.3 Å². The van der Waals surface area contributed by atoms with Crippen molar-refractivity contribution in [2.75, 3.05) is 36.5 Å². The summed E-state index contributed by atoms with van der Waals surface area (Å²) in [7, 11) is -3.59. The molecule has 0 spiro atoms. The van der Waals surface area contributed by atoms with Crippen LogP contribution in [-0.2, 0) is 20.5 Å². The second-order valence-corrected chi connectivity index (χ2v) is 9.90. The first kappa shape index (κ1) is 21.5. The van der Waals surface area contributed by atoms with Gasteiger partial charge in [-0.3, -0.25) is 4.79 Å². The Balaban J connectivity index is 1.57. The molecule has 0 atom stereocenters. The Hall–Kier alpha value is -2.72. The van der Waals surface area contributed by atoms with Crippen molar-refractivity contribution in [2.45, 2.75) is 5.75 Å². The summed E-state index contributed by atoms with van der Waals surface area (Å²) in [6.45, 7) is 2.90. The molecule has 4 rings (SSSR count). The minimum Gasteiger partial charge on any atom is -0.378 e. The van der Waals surface area contributed by atoms with Crippen molar-refractivity contribution >= 4 is 38.0 Å². The van der Waals surface area contributed by atoms with Crippen LogP contribution in [0.1, 0.15) is 15.2 Å².